The molecule has 10 nitrogen and oxygen atoms in total. The molecule has 198 valence electrons. The summed E-state index contributed by atoms with van der Waals surface area (Å²) in [6.07, 6.45) is 1.53. The van der Waals surface area contributed by atoms with Crippen LogP contribution in [0.25, 0.3) is 16.6 Å². The van der Waals surface area contributed by atoms with Crippen molar-refractivity contribution in [2.75, 3.05) is 11.4 Å². The lowest BCUT2D eigenvalue weighted by Crippen LogP contribution is -2.51. The van der Waals surface area contributed by atoms with E-state index in [-0.39, 0.29) is 28.0 Å². The first-order valence-corrected chi connectivity index (χ1v) is 13.4. The highest BCUT2D eigenvalue weighted by atomic mass is 35.5. The number of benzene rings is 3. The predicted octanol–water partition coefficient (Wildman–Crippen LogP) is 3.79. The van der Waals surface area contributed by atoms with Crippen molar-refractivity contribution in [2.45, 2.75) is 24.4 Å². The molecule has 3 aromatic carbocycles. The van der Waals surface area contributed by atoms with E-state index in [9.17, 15) is 24.5 Å². The molecule has 3 fully saturated rings. The summed E-state index contributed by atoms with van der Waals surface area (Å²) >= 11 is 6.04. The fraction of sp³-hybridized carbons (Fsp3) is 0.241. The second kappa shape index (κ2) is 7.83. The van der Waals surface area contributed by atoms with Crippen molar-refractivity contribution in [3.63, 3.8) is 0 Å². The van der Waals surface area contributed by atoms with Crippen molar-refractivity contribution >= 4 is 45.7 Å². The Hall–Kier alpha value is -4.41. The number of imide groups is 1. The van der Waals surface area contributed by atoms with Gasteiger partial charge in [-0.2, -0.15) is 0 Å². The van der Waals surface area contributed by atoms with Crippen LogP contribution < -0.4 is 10.5 Å². The number of halogens is 1. The molecule has 0 N–H and O–H groups in total. The molecule has 11 heteroatoms. The summed E-state index contributed by atoms with van der Waals surface area (Å²) < 4.78 is 1.60. The van der Waals surface area contributed by atoms with Gasteiger partial charge in [0.15, 0.2) is 0 Å². The van der Waals surface area contributed by atoms with Gasteiger partial charge in [0, 0.05) is 17.7 Å². The minimum atomic E-state index is -1.15. The predicted molar refractivity (Wildman–Crippen MR) is 145 cm³/mol. The number of rotatable bonds is 2. The third kappa shape index (κ3) is 2.62. The highest BCUT2D eigenvalue weighted by Crippen LogP contribution is 2.62. The number of aromatic nitrogens is 2. The molecule has 4 aliphatic heterocycles. The average Bonchev–Trinajstić information content (AvgIpc) is 3.66. The van der Waals surface area contributed by atoms with Crippen LogP contribution >= 0.6 is 11.6 Å². The van der Waals surface area contributed by atoms with Crippen LogP contribution in [0.5, 0.6) is 0 Å². The summed E-state index contributed by atoms with van der Waals surface area (Å²) in [7, 11) is 0. The van der Waals surface area contributed by atoms with Crippen LogP contribution in [-0.4, -0.2) is 43.8 Å². The molecule has 40 heavy (non-hydrogen) atoms. The maximum Gasteiger partial charge on any atom is 0.289 e. The van der Waals surface area contributed by atoms with E-state index in [1.165, 1.54) is 18.2 Å². The molecular formula is C29H20ClN5O5. The van der Waals surface area contributed by atoms with Crippen LogP contribution in [0.1, 0.15) is 24.2 Å². The molecule has 5 heterocycles. The average molecular weight is 554 g/mol. The summed E-state index contributed by atoms with van der Waals surface area (Å²) in [5.41, 5.74) is 0.275. The first-order valence-electron chi connectivity index (χ1n) is 13.1. The van der Waals surface area contributed by atoms with Gasteiger partial charge in [0.25, 0.3) is 11.2 Å². The Balaban J connectivity index is 1.41. The minimum absolute atomic E-state index is 0.0828. The Kier molecular flexibility index (Phi) is 4.60. The van der Waals surface area contributed by atoms with Gasteiger partial charge in [-0.3, -0.25) is 34.0 Å². The summed E-state index contributed by atoms with van der Waals surface area (Å²) in [6, 6.07) is 18.3. The summed E-state index contributed by atoms with van der Waals surface area (Å²) in [4.78, 5) is 61.8. The first-order chi connectivity index (χ1) is 19.4. The summed E-state index contributed by atoms with van der Waals surface area (Å²) in [5, 5.41) is 12.0. The molecule has 0 radical (unpaired) electrons. The van der Waals surface area contributed by atoms with E-state index in [4.69, 9.17) is 16.6 Å². The lowest BCUT2D eigenvalue weighted by molar-refractivity contribution is -0.384. The highest BCUT2D eigenvalue weighted by molar-refractivity contribution is 6.33. The number of para-hydroxylation sites is 2. The number of hydrogen-bond donors (Lipinski definition) is 0. The maximum atomic E-state index is 14.5. The molecule has 4 aromatic rings. The maximum absolute atomic E-state index is 14.5. The van der Waals surface area contributed by atoms with Crippen molar-refractivity contribution < 1.29 is 14.5 Å². The van der Waals surface area contributed by atoms with E-state index in [0.29, 0.717) is 35.4 Å². The molecule has 0 bridgehead atoms. The molecule has 4 atom stereocenters. The van der Waals surface area contributed by atoms with Crippen molar-refractivity contribution in [1.82, 2.24) is 14.5 Å². The van der Waals surface area contributed by atoms with Crippen molar-refractivity contribution in [3.8, 4) is 5.69 Å². The molecule has 0 unspecified atom stereocenters. The molecule has 1 spiro atoms. The second-order valence-electron chi connectivity index (χ2n) is 10.7. The Morgan fingerprint density at radius 1 is 1.00 bits per heavy atom. The number of carbonyl (C=O) groups excluding carboxylic acids is 2. The van der Waals surface area contributed by atoms with E-state index in [2.05, 4.69) is 4.90 Å². The molecule has 1 aromatic heterocycles. The van der Waals surface area contributed by atoms with Crippen LogP contribution in [0.4, 0.5) is 11.4 Å². The zero-order valence-electron chi connectivity index (χ0n) is 20.9. The smallest absolute Gasteiger partial charge is 0.283 e. The Morgan fingerprint density at radius 3 is 2.60 bits per heavy atom. The third-order valence-corrected chi connectivity index (χ3v) is 9.34. The zero-order chi connectivity index (χ0) is 27.5. The van der Waals surface area contributed by atoms with E-state index in [1.54, 1.807) is 22.8 Å². The van der Waals surface area contributed by atoms with E-state index in [0.717, 1.165) is 16.9 Å². The van der Waals surface area contributed by atoms with Crippen molar-refractivity contribution in [1.29, 1.82) is 0 Å². The zero-order valence-corrected chi connectivity index (χ0v) is 21.6. The van der Waals surface area contributed by atoms with Gasteiger partial charge in [-0.05, 0) is 49.7 Å². The van der Waals surface area contributed by atoms with Gasteiger partial charge in [-0.1, -0.05) is 41.9 Å². The molecular weight excluding hydrogens is 534 g/mol. The number of amides is 2. The van der Waals surface area contributed by atoms with Gasteiger partial charge in [-0.25, -0.2) is 9.88 Å². The fourth-order valence-electron chi connectivity index (χ4n) is 7.65. The fourth-order valence-corrected chi connectivity index (χ4v) is 7.83. The Bertz CT molecular complexity index is 1910. The van der Waals surface area contributed by atoms with Gasteiger partial charge >= 0.3 is 0 Å². The van der Waals surface area contributed by atoms with Crippen LogP contribution in [0.3, 0.4) is 0 Å². The molecule has 3 saturated heterocycles. The standard InChI is InChI=1S/C29H20ClN5O5/c30-18-12-11-15(14-22(18)35(39)40)33-26(37)23-21-10-5-13-32(21)29(24(23)27(33)38)17-7-2-4-9-20(17)34-25(36)16-6-1-3-8-19(16)31-28(29)34/h1-4,6-9,11-12,14,21,23-24H,5,10,13H2/t21-,23+,24-,29-/m1/s1. The van der Waals surface area contributed by atoms with Gasteiger partial charge in [0.1, 0.15) is 16.4 Å². The number of nitro benzene ring substituents is 1. The first kappa shape index (κ1) is 23.5. The normalized spacial score (nSPS) is 26.4. The minimum Gasteiger partial charge on any atom is -0.283 e. The summed E-state index contributed by atoms with van der Waals surface area (Å²) in [5.74, 6) is -2.01. The molecule has 8 rings (SSSR count). The molecule has 2 amide bonds. The molecule has 0 aliphatic carbocycles. The Morgan fingerprint density at radius 2 is 1.77 bits per heavy atom. The Labute approximate surface area is 231 Å². The number of carbonyl (C=O) groups is 2. The monoisotopic (exact) mass is 553 g/mol. The summed E-state index contributed by atoms with van der Waals surface area (Å²) in [6.45, 7) is 0.641. The van der Waals surface area contributed by atoms with Gasteiger partial charge in [0.2, 0.25) is 11.8 Å². The van der Waals surface area contributed by atoms with E-state index in [1.807, 2.05) is 30.3 Å². The quantitative estimate of drug-likeness (QED) is 0.210. The second-order valence-corrected chi connectivity index (χ2v) is 11.1. The van der Waals surface area contributed by atoms with Crippen LogP contribution in [0.2, 0.25) is 5.02 Å². The van der Waals surface area contributed by atoms with Gasteiger partial charge in [0.05, 0.1) is 39.0 Å². The third-order valence-electron chi connectivity index (χ3n) is 9.02. The van der Waals surface area contributed by atoms with Gasteiger partial charge in [-0.15, -0.1) is 0 Å². The van der Waals surface area contributed by atoms with Gasteiger partial charge < -0.3 is 0 Å². The number of nitrogens with zero attached hydrogens (tertiary/aromatic N) is 5. The lowest BCUT2D eigenvalue weighted by Gasteiger charge is -2.38. The number of fused-ring (bicyclic) bond motifs is 11. The highest BCUT2D eigenvalue weighted by Gasteiger charge is 2.73. The molecule has 0 saturated carbocycles. The SMILES string of the molecule is O=C1[C@H]2[C@H]3CCCN3[C@]3(c4ccccc4-n4c3nc3ccccc3c4=O)[C@H]2C(=O)N1c1ccc(Cl)c([N+](=O)[O-])c1. The van der Waals surface area contributed by atoms with E-state index < -0.39 is 34.1 Å². The molecule has 4 aliphatic rings. The van der Waals surface area contributed by atoms with Crippen LogP contribution in [0.15, 0.2) is 71.5 Å². The van der Waals surface area contributed by atoms with Crippen LogP contribution in [0, 0.1) is 22.0 Å². The largest absolute Gasteiger partial charge is 0.289 e. The van der Waals surface area contributed by atoms with Crippen molar-refractivity contribution in [3.05, 3.63) is 104 Å². The van der Waals surface area contributed by atoms with Crippen LogP contribution in [-0.2, 0) is 15.1 Å². The number of hydrogen-bond acceptors (Lipinski definition) is 7. The number of nitro groups is 1. The topological polar surface area (TPSA) is 119 Å². The number of anilines is 1. The lowest BCUT2D eigenvalue weighted by atomic mass is 9.75. The van der Waals surface area contributed by atoms with Crippen molar-refractivity contribution in [2.24, 2.45) is 11.8 Å². The van der Waals surface area contributed by atoms with E-state index >= 15 is 0 Å².